The molecule has 1 atom stereocenters. The Morgan fingerprint density at radius 2 is 2.22 bits per heavy atom. The highest BCUT2D eigenvalue weighted by Crippen LogP contribution is 2.30. The Kier molecular flexibility index (Phi) is 3.61. The minimum Gasteiger partial charge on any atom is -0.377 e. The number of carbonyl (C=O) groups is 1. The largest absolute Gasteiger partial charge is 0.377 e. The summed E-state index contributed by atoms with van der Waals surface area (Å²) in [7, 11) is 0. The molecule has 1 aliphatic heterocycles. The molecule has 4 rings (SSSR count). The van der Waals surface area contributed by atoms with Gasteiger partial charge in [0.1, 0.15) is 5.82 Å². The van der Waals surface area contributed by atoms with Crippen molar-refractivity contribution in [1.29, 1.82) is 0 Å². The van der Waals surface area contributed by atoms with Crippen LogP contribution in [0.2, 0.25) is 0 Å². The van der Waals surface area contributed by atoms with Gasteiger partial charge in [-0.2, -0.15) is 5.10 Å². The summed E-state index contributed by atoms with van der Waals surface area (Å²) in [6, 6.07) is 6.14. The SMILES string of the molecule is O=C(c1n[nH]c2c1CCC2)N1CCOCC1c1ccccc1F. The number of nitrogens with zero attached hydrogens (tertiary/aromatic N) is 2. The third kappa shape index (κ3) is 2.43. The number of benzene rings is 1. The number of hydrogen-bond acceptors (Lipinski definition) is 3. The van der Waals surface area contributed by atoms with Crippen LogP contribution in [0, 0.1) is 5.82 Å². The molecule has 1 aromatic carbocycles. The summed E-state index contributed by atoms with van der Waals surface area (Å²) in [5.74, 6) is -0.450. The summed E-state index contributed by atoms with van der Waals surface area (Å²) in [6.45, 7) is 1.21. The van der Waals surface area contributed by atoms with E-state index in [1.165, 1.54) is 6.07 Å². The van der Waals surface area contributed by atoms with E-state index in [4.69, 9.17) is 4.74 Å². The second-order valence-corrected chi connectivity index (χ2v) is 5.99. The number of aromatic nitrogens is 2. The minimum atomic E-state index is -0.411. The number of fused-ring (bicyclic) bond motifs is 1. The third-order valence-electron chi connectivity index (χ3n) is 4.66. The number of rotatable bonds is 2. The quantitative estimate of drug-likeness (QED) is 0.925. The number of H-pyrrole nitrogens is 1. The summed E-state index contributed by atoms with van der Waals surface area (Å²) in [4.78, 5) is 14.7. The maximum atomic E-state index is 14.2. The summed E-state index contributed by atoms with van der Waals surface area (Å²) in [5.41, 5.74) is 3.06. The third-order valence-corrected chi connectivity index (χ3v) is 4.66. The molecule has 6 heteroatoms. The molecule has 1 unspecified atom stereocenters. The molecular weight excluding hydrogens is 297 g/mol. The highest BCUT2D eigenvalue weighted by molar-refractivity contribution is 5.94. The number of hydrogen-bond donors (Lipinski definition) is 1. The lowest BCUT2D eigenvalue weighted by Gasteiger charge is -2.35. The molecule has 2 aliphatic rings. The van der Waals surface area contributed by atoms with E-state index in [9.17, 15) is 9.18 Å². The molecule has 0 spiro atoms. The zero-order valence-corrected chi connectivity index (χ0v) is 12.7. The Morgan fingerprint density at radius 3 is 3.09 bits per heavy atom. The Morgan fingerprint density at radius 1 is 1.35 bits per heavy atom. The Balaban J connectivity index is 1.68. The number of ether oxygens (including phenoxy) is 1. The topological polar surface area (TPSA) is 58.2 Å². The van der Waals surface area contributed by atoms with Crippen LogP contribution in [0.25, 0.3) is 0 Å². The van der Waals surface area contributed by atoms with Gasteiger partial charge in [0.25, 0.3) is 5.91 Å². The standard InChI is InChI=1S/C17H18FN3O2/c18-13-6-2-1-4-11(13)15-10-23-9-8-21(15)17(22)16-12-5-3-7-14(12)19-20-16/h1-2,4,6,15H,3,5,7-10H2,(H,19,20). The van der Waals surface area contributed by atoms with Crippen molar-refractivity contribution in [2.24, 2.45) is 0 Å². The van der Waals surface area contributed by atoms with E-state index in [1.807, 2.05) is 0 Å². The average Bonchev–Trinajstić information content (AvgIpc) is 3.18. The van der Waals surface area contributed by atoms with Crippen molar-refractivity contribution >= 4 is 5.91 Å². The molecule has 1 aromatic heterocycles. The highest BCUT2D eigenvalue weighted by atomic mass is 19.1. The fraction of sp³-hybridized carbons (Fsp3) is 0.412. The van der Waals surface area contributed by atoms with Crippen LogP contribution in [0.3, 0.4) is 0 Å². The first-order valence-electron chi connectivity index (χ1n) is 7.95. The number of carbonyl (C=O) groups excluding carboxylic acids is 1. The van der Waals surface area contributed by atoms with Gasteiger partial charge in [0, 0.05) is 23.4 Å². The van der Waals surface area contributed by atoms with E-state index >= 15 is 0 Å². The predicted molar refractivity (Wildman–Crippen MR) is 81.6 cm³/mol. The van der Waals surface area contributed by atoms with Crippen molar-refractivity contribution in [3.05, 3.63) is 52.6 Å². The summed E-state index contributed by atoms with van der Waals surface area (Å²) in [6.07, 6.45) is 2.86. The molecule has 0 radical (unpaired) electrons. The Labute approximate surface area is 133 Å². The lowest BCUT2D eigenvalue weighted by molar-refractivity contribution is -0.00399. The lowest BCUT2D eigenvalue weighted by Crippen LogP contribution is -2.44. The van der Waals surface area contributed by atoms with E-state index in [0.29, 0.717) is 31.0 Å². The number of halogens is 1. The number of aromatic amines is 1. The van der Waals surface area contributed by atoms with Crippen LogP contribution in [-0.4, -0.2) is 40.8 Å². The van der Waals surface area contributed by atoms with Crippen molar-refractivity contribution in [1.82, 2.24) is 15.1 Å². The van der Waals surface area contributed by atoms with Gasteiger partial charge in [-0.3, -0.25) is 9.89 Å². The average molecular weight is 315 g/mol. The van der Waals surface area contributed by atoms with Gasteiger partial charge in [-0.15, -0.1) is 0 Å². The summed E-state index contributed by atoms with van der Waals surface area (Å²) >= 11 is 0. The van der Waals surface area contributed by atoms with Crippen molar-refractivity contribution in [2.45, 2.75) is 25.3 Å². The van der Waals surface area contributed by atoms with Crippen LogP contribution in [0.4, 0.5) is 4.39 Å². The molecular formula is C17H18FN3O2. The molecule has 1 aliphatic carbocycles. The van der Waals surface area contributed by atoms with Gasteiger partial charge in [-0.05, 0) is 25.3 Å². The molecule has 120 valence electrons. The zero-order chi connectivity index (χ0) is 15.8. The van der Waals surface area contributed by atoms with Crippen molar-refractivity contribution in [2.75, 3.05) is 19.8 Å². The summed E-state index contributed by atoms with van der Waals surface area (Å²) in [5, 5.41) is 7.18. The molecule has 0 bridgehead atoms. The number of nitrogens with one attached hydrogen (secondary N) is 1. The zero-order valence-electron chi connectivity index (χ0n) is 12.7. The first kappa shape index (κ1) is 14.4. The molecule has 2 aromatic rings. The molecule has 23 heavy (non-hydrogen) atoms. The first-order chi connectivity index (χ1) is 11.3. The molecule has 0 saturated carbocycles. The fourth-order valence-electron chi connectivity index (χ4n) is 3.48. The molecule has 2 heterocycles. The number of amides is 1. The van der Waals surface area contributed by atoms with Crippen LogP contribution < -0.4 is 0 Å². The maximum Gasteiger partial charge on any atom is 0.275 e. The number of aryl methyl sites for hydroxylation is 1. The molecule has 1 fully saturated rings. The number of morpholine rings is 1. The van der Waals surface area contributed by atoms with Crippen LogP contribution in [-0.2, 0) is 17.6 Å². The van der Waals surface area contributed by atoms with Crippen molar-refractivity contribution in [3.8, 4) is 0 Å². The normalized spacial score (nSPS) is 20.6. The van der Waals surface area contributed by atoms with Crippen LogP contribution in [0.15, 0.2) is 24.3 Å². The molecule has 5 nitrogen and oxygen atoms in total. The van der Waals surface area contributed by atoms with Crippen molar-refractivity contribution in [3.63, 3.8) is 0 Å². The van der Waals surface area contributed by atoms with E-state index in [2.05, 4.69) is 10.2 Å². The van der Waals surface area contributed by atoms with Crippen LogP contribution in [0.5, 0.6) is 0 Å². The smallest absolute Gasteiger partial charge is 0.275 e. The van der Waals surface area contributed by atoms with E-state index in [-0.39, 0.29) is 11.7 Å². The van der Waals surface area contributed by atoms with Gasteiger partial charge in [0.15, 0.2) is 5.69 Å². The minimum absolute atomic E-state index is 0.138. The van der Waals surface area contributed by atoms with Crippen LogP contribution in [0.1, 0.15) is 39.8 Å². The van der Waals surface area contributed by atoms with E-state index < -0.39 is 6.04 Å². The molecule has 1 saturated heterocycles. The maximum absolute atomic E-state index is 14.2. The van der Waals surface area contributed by atoms with Gasteiger partial charge < -0.3 is 9.64 Å². The Hall–Kier alpha value is -2.21. The Bertz CT molecular complexity index is 743. The second kappa shape index (κ2) is 5.77. The van der Waals surface area contributed by atoms with Gasteiger partial charge in [0.2, 0.25) is 0 Å². The lowest BCUT2D eigenvalue weighted by atomic mass is 10.0. The van der Waals surface area contributed by atoms with Crippen molar-refractivity contribution < 1.29 is 13.9 Å². The second-order valence-electron chi connectivity index (χ2n) is 5.99. The molecule has 1 amide bonds. The molecule has 1 N–H and O–H groups in total. The highest BCUT2D eigenvalue weighted by Gasteiger charge is 2.34. The van der Waals surface area contributed by atoms with Gasteiger partial charge in [-0.1, -0.05) is 18.2 Å². The first-order valence-corrected chi connectivity index (χ1v) is 7.95. The monoisotopic (exact) mass is 315 g/mol. The van der Waals surface area contributed by atoms with E-state index in [1.54, 1.807) is 23.1 Å². The van der Waals surface area contributed by atoms with Crippen LogP contribution >= 0.6 is 0 Å². The van der Waals surface area contributed by atoms with Gasteiger partial charge >= 0.3 is 0 Å². The van der Waals surface area contributed by atoms with Gasteiger partial charge in [0.05, 0.1) is 19.3 Å². The van der Waals surface area contributed by atoms with E-state index in [0.717, 1.165) is 30.5 Å². The fourth-order valence-corrected chi connectivity index (χ4v) is 3.48. The predicted octanol–water partition coefficient (Wildman–Crippen LogP) is 2.25. The van der Waals surface area contributed by atoms with Gasteiger partial charge in [-0.25, -0.2) is 4.39 Å². The summed E-state index contributed by atoms with van der Waals surface area (Å²) < 4.78 is 19.7.